The third-order valence-corrected chi connectivity index (χ3v) is 9.80. The predicted octanol–water partition coefficient (Wildman–Crippen LogP) is 11.3. The molecule has 54 heavy (non-hydrogen) atoms. The van der Waals surface area contributed by atoms with Gasteiger partial charge in [0.05, 0.1) is 27.7 Å². The molecule has 0 heterocycles. The zero-order valence-corrected chi connectivity index (χ0v) is 36.0. The molecule has 0 aromatic heterocycles. The molecule has 0 bridgehead atoms. The fourth-order valence-corrected chi connectivity index (χ4v) is 6.21. The second-order valence-corrected chi connectivity index (χ2v) is 16.7. The summed E-state index contributed by atoms with van der Waals surface area (Å²) in [5.74, 6) is -0.882. The molecule has 0 aliphatic heterocycles. The minimum absolute atomic E-state index is 0.0387. The van der Waals surface area contributed by atoms with Crippen LogP contribution in [0.5, 0.6) is 0 Å². The Morgan fingerprint density at radius 1 is 0.593 bits per heavy atom. The number of rotatable bonds is 38. The molecule has 2 atom stereocenters. The molecule has 0 rings (SSSR count). The normalized spacial score (nSPS) is 14.1. The Bertz CT molecular complexity index is 1070. The van der Waals surface area contributed by atoms with Gasteiger partial charge in [0.25, 0.3) is 7.82 Å². The van der Waals surface area contributed by atoms with Crippen LogP contribution >= 0.6 is 7.82 Å². The van der Waals surface area contributed by atoms with E-state index in [2.05, 4.69) is 62.5 Å². The summed E-state index contributed by atoms with van der Waals surface area (Å²) in [6.45, 7) is 4.06. The number of hydrogen-bond donors (Lipinski definition) is 0. The van der Waals surface area contributed by atoms with E-state index in [1.165, 1.54) is 57.8 Å². The van der Waals surface area contributed by atoms with E-state index in [1.807, 2.05) is 21.1 Å². The number of unbranched alkanes of at least 4 members (excludes halogenated alkanes) is 16. The lowest BCUT2D eigenvalue weighted by Gasteiger charge is -2.28. The minimum Gasteiger partial charge on any atom is -0.756 e. The number of carbonyl (C=O) groups excluding carboxylic acids is 2. The van der Waals surface area contributed by atoms with Gasteiger partial charge in [0.1, 0.15) is 19.8 Å². The summed E-state index contributed by atoms with van der Waals surface area (Å²) in [7, 11) is 1.14. The molecule has 0 aromatic rings. The SMILES string of the molecule is CC/C=C/C/C=C/C/C=C/CCCCCCCC(=O)O[C@H](COC(=O)CCCC/C=C/CCCCCCCCCCC)COP(=O)([O-])OCC[N+](C)(C)C. The molecule has 0 spiro atoms. The number of phosphoric acid groups is 1. The molecule has 0 aromatic carbocycles. The van der Waals surface area contributed by atoms with Crippen molar-refractivity contribution in [2.45, 2.75) is 174 Å². The first-order valence-corrected chi connectivity index (χ1v) is 22.8. The molecular weight excluding hydrogens is 701 g/mol. The zero-order valence-electron chi connectivity index (χ0n) is 35.2. The second kappa shape index (κ2) is 36.6. The molecule has 10 heteroatoms. The van der Waals surface area contributed by atoms with E-state index >= 15 is 0 Å². The van der Waals surface area contributed by atoms with Crippen LogP contribution in [-0.4, -0.2) is 70.0 Å². The van der Waals surface area contributed by atoms with Crippen molar-refractivity contribution >= 4 is 19.8 Å². The number of nitrogens with zero attached hydrogens (tertiary/aromatic N) is 1. The molecule has 0 amide bonds. The lowest BCUT2D eigenvalue weighted by Crippen LogP contribution is -2.37. The number of phosphoric ester groups is 1. The van der Waals surface area contributed by atoms with Crippen LogP contribution in [0.4, 0.5) is 0 Å². The zero-order chi connectivity index (χ0) is 40.0. The number of hydrogen-bond acceptors (Lipinski definition) is 8. The Kier molecular flexibility index (Phi) is 35.2. The van der Waals surface area contributed by atoms with Crippen molar-refractivity contribution in [2.24, 2.45) is 0 Å². The number of ether oxygens (including phenoxy) is 2. The van der Waals surface area contributed by atoms with Gasteiger partial charge in [0.15, 0.2) is 6.10 Å². The number of allylic oxidation sites excluding steroid dienone is 8. The first-order chi connectivity index (χ1) is 26.0. The first-order valence-electron chi connectivity index (χ1n) is 21.3. The average molecular weight is 782 g/mol. The maximum absolute atomic E-state index is 12.6. The van der Waals surface area contributed by atoms with Crippen LogP contribution in [0, 0.1) is 0 Å². The lowest BCUT2D eigenvalue weighted by atomic mass is 10.1. The number of likely N-dealkylation sites (N-methyl/N-ethyl adjacent to an activating group) is 1. The van der Waals surface area contributed by atoms with Crippen LogP contribution in [0.1, 0.15) is 168 Å². The van der Waals surface area contributed by atoms with Gasteiger partial charge in [0.2, 0.25) is 0 Å². The molecule has 0 N–H and O–H groups in total. The van der Waals surface area contributed by atoms with Gasteiger partial charge < -0.3 is 27.9 Å². The van der Waals surface area contributed by atoms with Gasteiger partial charge in [-0.2, -0.15) is 0 Å². The van der Waals surface area contributed by atoms with E-state index in [0.29, 0.717) is 23.9 Å². The number of carbonyl (C=O) groups is 2. The Labute approximate surface area is 331 Å². The van der Waals surface area contributed by atoms with E-state index in [1.54, 1.807) is 0 Å². The summed E-state index contributed by atoms with van der Waals surface area (Å²) in [6.07, 6.45) is 41.4. The summed E-state index contributed by atoms with van der Waals surface area (Å²) >= 11 is 0. The van der Waals surface area contributed by atoms with Crippen LogP contribution < -0.4 is 4.89 Å². The topological polar surface area (TPSA) is 111 Å². The van der Waals surface area contributed by atoms with E-state index < -0.39 is 32.5 Å². The van der Waals surface area contributed by atoms with Crippen molar-refractivity contribution in [1.29, 1.82) is 0 Å². The smallest absolute Gasteiger partial charge is 0.306 e. The summed E-state index contributed by atoms with van der Waals surface area (Å²) in [5, 5.41) is 0. The largest absolute Gasteiger partial charge is 0.756 e. The van der Waals surface area contributed by atoms with Crippen LogP contribution in [0.3, 0.4) is 0 Å². The fraction of sp³-hybridized carbons (Fsp3) is 0.773. The van der Waals surface area contributed by atoms with Gasteiger partial charge in [-0.15, -0.1) is 0 Å². The molecule has 0 aliphatic carbocycles. The second-order valence-electron chi connectivity index (χ2n) is 15.3. The predicted molar refractivity (Wildman–Crippen MR) is 222 cm³/mol. The number of quaternary nitrogens is 1. The summed E-state index contributed by atoms with van der Waals surface area (Å²) in [4.78, 5) is 37.5. The molecular formula is C44H80NO8P. The fourth-order valence-electron chi connectivity index (χ4n) is 5.49. The summed E-state index contributed by atoms with van der Waals surface area (Å²) in [5.41, 5.74) is 0. The van der Waals surface area contributed by atoms with Gasteiger partial charge in [-0.3, -0.25) is 14.2 Å². The van der Waals surface area contributed by atoms with E-state index in [0.717, 1.165) is 70.6 Å². The quantitative estimate of drug-likeness (QED) is 0.0200. The summed E-state index contributed by atoms with van der Waals surface area (Å²) in [6, 6.07) is 0. The van der Waals surface area contributed by atoms with E-state index in [9.17, 15) is 19.0 Å². The first kappa shape index (κ1) is 52.0. The molecule has 0 fully saturated rings. The maximum Gasteiger partial charge on any atom is 0.306 e. The van der Waals surface area contributed by atoms with Crippen molar-refractivity contribution in [1.82, 2.24) is 0 Å². The maximum atomic E-state index is 12.6. The molecule has 0 radical (unpaired) electrons. The van der Waals surface area contributed by atoms with Crippen LogP contribution in [0.2, 0.25) is 0 Å². The van der Waals surface area contributed by atoms with Crippen molar-refractivity contribution in [3.8, 4) is 0 Å². The highest BCUT2D eigenvalue weighted by Gasteiger charge is 2.21. The standard InChI is InChI=1S/C44H80NO8P/c1-6-8-10-12-14-16-18-20-22-24-26-28-30-32-34-36-43(46)50-40-42(41-52-54(48,49)51-39-38-45(3,4)5)53-44(47)37-35-33-31-29-27-25-23-21-19-17-15-13-11-9-7-2/h9,11,15,17,21,23,26,28,42H,6-8,10,12-14,16,18-20,22,24-25,27,29-41H2,1-5H3/b11-9+,17-15+,23-21+,28-26+/t42-/m1/s1. The van der Waals surface area contributed by atoms with Crippen molar-refractivity contribution < 1.29 is 42.1 Å². The van der Waals surface area contributed by atoms with Crippen molar-refractivity contribution in [2.75, 3.05) is 47.5 Å². The van der Waals surface area contributed by atoms with Crippen LogP contribution in [-0.2, 0) is 32.7 Å². The molecule has 314 valence electrons. The molecule has 0 saturated carbocycles. The highest BCUT2D eigenvalue weighted by Crippen LogP contribution is 2.38. The Morgan fingerprint density at radius 2 is 1.06 bits per heavy atom. The highest BCUT2D eigenvalue weighted by molar-refractivity contribution is 7.45. The molecule has 0 saturated heterocycles. The third kappa shape index (κ3) is 39.7. The Morgan fingerprint density at radius 3 is 1.63 bits per heavy atom. The van der Waals surface area contributed by atoms with Gasteiger partial charge in [-0.25, -0.2) is 0 Å². The van der Waals surface area contributed by atoms with E-state index in [-0.39, 0.29) is 26.1 Å². The highest BCUT2D eigenvalue weighted by atomic mass is 31.2. The molecule has 9 nitrogen and oxygen atoms in total. The van der Waals surface area contributed by atoms with E-state index in [4.69, 9.17) is 18.5 Å². The molecule has 0 aliphatic rings. The lowest BCUT2D eigenvalue weighted by molar-refractivity contribution is -0.870. The van der Waals surface area contributed by atoms with Gasteiger partial charge >= 0.3 is 11.9 Å². The van der Waals surface area contributed by atoms with Gasteiger partial charge in [-0.05, 0) is 70.6 Å². The average Bonchev–Trinajstić information content (AvgIpc) is 3.12. The monoisotopic (exact) mass is 782 g/mol. The Balaban J connectivity index is 4.44. The van der Waals surface area contributed by atoms with Crippen molar-refractivity contribution in [3.63, 3.8) is 0 Å². The van der Waals surface area contributed by atoms with Gasteiger partial charge in [0, 0.05) is 12.8 Å². The third-order valence-electron chi connectivity index (χ3n) is 8.83. The number of esters is 2. The molecule has 1 unspecified atom stereocenters. The van der Waals surface area contributed by atoms with Crippen molar-refractivity contribution in [3.05, 3.63) is 48.6 Å². The van der Waals surface area contributed by atoms with Crippen LogP contribution in [0.25, 0.3) is 0 Å². The van der Waals surface area contributed by atoms with Gasteiger partial charge in [-0.1, -0.05) is 133 Å². The van der Waals surface area contributed by atoms with Crippen LogP contribution in [0.15, 0.2) is 48.6 Å². The summed E-state index contributed by atoms with van der Waals surface area (Å²) < 4.78 is 33.8. The Hall–Kier alpha value is -2.03. The minimum atomic E-state index is -4.63.